The Morgan fingerprint density at radius 1 is 1.36 bits per heavy atom. The topological polar surface area (TPSA) is 20.3 Å². The van der Waals surface area contributed by atoms with Gasteiger partial charge in [0.1, 0.15) is 6.29 Å². The third kappa shape index (κ3) is 1.85. The summed E-state index contributed by atoms with van der Waals surface area (Å²) in [6.45, 7) is 4.83. The molecule has 0 spiro atoms. The molecular formula is C12H15NO. The average Bonchev–Trinajstić information content (AvgIpc) is 2.59. The first-order valence-corrected chi connectivity index (χ1v) is 5.04. The van der Waals surface area contributed by atoms with Crippen molar-refractivity contribution < 1.29 is 4.79 Å². The Balaban J connectivity index is 2.01. The molecule has 0 aromatic heterocycles. The second-order valence-corrected chi connectivity index (χ2v) is 4.05. The maximum absolute atomic E-state index is 10.5. The van der Waals surface area contributed by atoms with Crippen molar-refractivity contribution in [2.75, 3.05) is 6.54 Å². The van der Waals surface area contributed by atoms with E-state index in [1.807, 2.05) is 6.92 Å². The van der Waals surface area contributed by atoms with E-state index in [2.05, 4.69) is 29.2 Å². The first-order chi connectivity index (χ1) is 6.79. The van der Waals surface area contributed by atoms with Crippen LogP contribution in [0.25, 0.3) is 0 Å². The molecule has 1 heterocycles. The first kappa shape index (κ1) is 9.41. The Kier molecular flexibility index (Phi) is 2.64. The Morgan fingerprint density at radius 2 is 1.93 bits per heavy atom. The van der Waals surface area contributed by atoms with E-state index in [-0.39, 0.29) is 5.92 Å². The van der Waals surface area contributed by atoms with Crippen LogP contribution in [-0.4, -0.2) is 17.7 Å². The molecule has 1 aromatic rings. The van der Waals surface area contributed by atoms with Crippen molar-refractivity contribution in [1.29, 1.82) is 0 Å². The van der Waals surface area contributed by atoms with Crippen LogP contribution < -0.4 is 0 Å². The van der Waals surface area contributed by atoms with Gasteiger partial charge in [-0.1, -0.05) is 31.2 Å². The minimum absolute atomic E-state index is 0.143. The van der Waals surface area contributed by atoms with E-state index in [0.29, 0.717) is 0 Å². The van der Waals surface area contributed by atoms with E-state index in [1.54, 1.807) is 0 Å². The number of hydrogen-bond acceptors (Lipinski definition) is 2. The lowest BCUT2D eigenvalue weighted by Gasteiger charge is -2.16. The molecule has 1 aliphatic heterocycles. The van der Waals surface area contributed by atoms with Gasteiger partial charge in [0, 0.05) is 25.6 Å². The van der Waals surface area contributed by atoms with Crippen LogP contribution in [-0.2, 0) is 17.9 Å². The van der Waals surface area contributed by atoms with Crippen molar-refractivity contribution in [3.8, 4) is 0 Å². The van der Waals surface area contributed by atoms with Gasteiger partial charge >= 0.3 is 0 Å². The lowest BCUT2D eigenvalue weighted by atomic mass is 10.1. The van der Waals surface area contributed by atoms with Gasteiger partial charge in [-0.2, -0.15) is 0 Å². The Morgan fingerprint density at radius 3 is 2.43 bits per heavy atom. The maximum atomic E-state index is 10.5. The normalized spacial score (nSPS) is 17.8. The second-order valence-electron chi connectivity index (χ2n) is 4.05. The summed E-state index contributed by atoms with van der Waals surface area (Å²) in [5, 5.41) is 0. The third-order valence-electron chi connectivity index (χ3n) is 2.68. The van der Waals surface area contributed by atoms with Crippen LogP contribution >= 0.6 is 0 Å². The molecule has 2 heteroatoms. The molecule has 0 amide bonds. The summed E-state index contributed by atoms with van der Waals surface area (Å²) in [6, 6.07) is 8.48. The van der Waals surface area contributed by atoms with Crippen LogP contribution in [0.2, 0.25) is 0 Å². The molecule has 74 valence electrons. The van der Waals surface area contributed by atoms with Gasteiger partial charge in [-0.3, -0.25) is 4.90 Å². The first-order valence-electron chi connectivity index (χ1n) is 5.04. The number of carbonyl (C=O) groups is 1. The molecule has 1 aliphatic rings. The summed E-state index contributed by atoms with van der Waals surface area (Å²) in [7, 11) is 0. The van der Waals surface area contributed by atoms with Crippen molar-refractivity contribution >= 4 is 6.29 Å². The number of aldehydes is 1. The summed E-state index contributed by atoms with van der Waals surface area (Å²) in [5.74, 6) is 0.143. The fourth-order valence-electron chi connectivity index (χ4n) is 1.98. The summed E-state index contributed by atoms with van der Waals surface area (Å²) in [5.41, 5.74) is 2.82. The van der Waals surface area contributed by atoms with E-state index in [0.717, 1.165) is 25.9 Å². The molecule has 0 N–H and O–H groups in total. The monoisotopic (exact) mass is 189 g/mol. The lowest BCUT2D eigenvalue weighted by Crippen LogP contribution is -2.23. The molecule has 2 rings (SSSR count). The molecule has 0 fully saturated rings. The molecule has 0 saturated heterocycles. The summed E-state index contributed by atoms with van der Waals surface area (Å²) >= 11 is 0. The molecule has 1 aromatic carbocycles. The van der Waals surface area contributed by atoms with Crippen LogP contribution in [0.1, 0.15) is 18.1 Å². The predicted molar refractivity (Wildman–Crippen MR) is 55.8 cm³/mol. The summed E-state index contributed by atoms with van der Waals surface area (Å²) in [4.78, 5) is 12.9. The van der Waals surface area contributed by atoms with Crippen molar-refractivity contribution in [3.63, 3.8) is 0 Å². The van der Waals surface area contributed by atoms with Crippen LogP contribution in [0.15, 0.2) is 24.3 Å². The smallest absolute Gasteiger partial charge is 0.124 e. The molecule has 14 heavy (non-hydrogen) atoms. The van der Waals surface area contributed by atoms with E-state index >= 15 is 0 Å². The van der Waals surface area contributed by atoms with Gasteiger partial charge in [-0.05, 0) is 11.1 Å². The number of benzene rings is 1. The molecule has 1 unspecified atom stereocenters. The fraction of sp³-hybridized carbons (Fsp3) is 0.417. The van der Waals surface area contributed by atoms with Crippen LogP contribution in [0, 0.1) is 5.92 Å². The van der Waals surface area contributed by atoms with Crippen LogP contribution in [0.3, 0.4) is 0 Å². The average molecular weight is 189 g/mol. The highest BCUT2D eigenvalue weighted by Crippen LogP contribution is 2.22. The summed E-state index contributed by atoms with van der Waals surface area (Å²) in [6.07, 6.45) is 1.03. The quantitative estimate of drug-likeness (QED) is 0.676. The van der Waals surface area contributed by atoms with E-state index in [9.17, 15) is 4.79 Å². The molecule has 0 bridgehead atoms. The van der Waals surface area contributed by atoms with Gasteiger partial charge in [0.25, 0.3) is 0 Å². The SMILES string of the molecule is CC(C=O)CN1Cc2ccccc2C1. The largest absolute Gasteiger partial charge is 0.303 e. The molecule has 0 radical (unpaired) electrons. The van der Waals surface area contributed by atoms with Gasteiger partial charge in [-0.25, -0.2) is 0 Å². The van der Waals surface area contributed by atoms with Crippen LogP contribution in [0.5, 0.6) is 0 Å². The summed E-state index contributed by atoms with van der Waals surface area (Å²) < 4.78 is 0. The van der Waals surface area contributed by atoms with Gasteiger partial charge in [-0.15, -0.1) is 0 Å². The zero-order chi connectivity index (χ0) is 9.97. The van der Waals surface area contributed by atoms with Gasteiger partial charge < -0.3 is 4.79 Å². The molecule has 0 saturated carbocycles. The van der Waals surface area contributed by atoms with Gasteiger partial charge in [0.05, 0.1) is 0 Å². The minimum Gasteiger partial charge on any atom is -0.303 e. The van der Waals surface area contributed by atoms with Gasteiger partial charge in [0.2, 0.25) is 0 Å². The van der Waals surface area contributed by atoms with Crippen molar-refractivity contribution in [1.82, 2.24) is 4.90 Å². The zero-order valence-corrected chi connectivity index (χ0v) is 8.44. The number of fused-ring (bicyclic) bond motifs is 1. The molecular weight excluding hydrogens is 174 g/mol. The number of carbonyl (C=O) groups excluding carboxylic acids is 1. The predicted octanol–water partition coefficient (Wildman–Crippen LogP) is 1.84. The van der Waals surface area contributed by atoms with Crippen LogP contribution in [0.4, 0.5) is 0 Å². The van der Waals surface area contributed by atoms with Crippen molar-refractivity contribution in [3.05, 3.63) is 35.4 Å². The Bertz CT molecular complexity index is 310. The number of rotatable bonds is 3. The standard InChI is InChI=1S/C12H15NO/c1-10(9-14)6-13-7-11-4-2-3-5-12(11)8-13/h2-5,9-10H,6-8H2,1H3. The third-order valence-corrected chi connectivity index (χ3v) is 2.68. The second kappa shape index (κ2) is 3.93. The van der Waals surface area contributed by atoms with Crippen molar-refractivity contribution in [2.24, 2.45) is 5.92 Å². The molecule has 2 nitrogen and oxygen atoms in total. The molecule has 1 atom stereocenters. The maximum Gasteiger partial charge on any atom is 0.124 e. The van der Waals surface area contributed by atoms with Crippen molar-refractivity contribution in [2.45, 2.75) is 20.0 Å². The highest BCUT2D eigenvalue weighted by Gasteiger charge is 2.19. The fourth-order valence-corrected chi connectivity index (χ4v) is 1.98. The molecule has 0 aliphatic carbocycles. The zero-order valence-electron chi connectivity index (χ0n) is 8.44. The highest BCUT2D eigenvalue weighted by molar-refractivity contribution is 5.53. The number of nitrogens with zero attached hydrogens (tertiary/aromatic N) is 1. The number of hydrogen-bond donors (Lipinski definition) is 0. The highest BCUT2D eigenvalue weighted by atomic mass is 16.1. The van der Waals surface area contributed by atoms with Gasteiger partial charge in [0.15, 0.2) is 0 Å². The van der Waals surface area contributed by atoms with E-state index in [1.165, 1.54) is 11.1 Å². The lowest BCUT2D eigenvalue weighted by molar-refractivity contribution is -0.111. The minimum atomic E-state index is 0.143. The van der Waals surface area contributed by atoms with E-state index < -0.39 is 0 Å². The Hall–Kier alpha value is -1.15. The van der Waals surface area contributed by atoms with E-state index in [4.69, 9.17) is 0 Å². The Labute approximate surface area is 84.5 Å².